The largest absolute Gasteiger partial charge is 0.435 e. The van der Waals surface area contributed by atoms with Crippen LogP contribution in [-0.4, -0.2) is 52.9 Å². The second-order valence-corrected chi connectivity index (χ2v) is 4.25. The molecule has 1 aliphatic rings. The Hall–Kier alpha value is -1.73. The second kappa shape index (κ2) is 5.50. The summed E-state index contributed by atoms with van der Waals surface area (Å²) < 4.78 is 28.4. The topological polar surface area (TPSA) is 70.0 Å². The molecule has 1 fully saturated rings. The number of β-amino-alcohol motifs (C(OH)–C–C–N with tert-alkyl or cyclic N) is 2. The van der Waals surface area contributed by atoms with Gasteiger partial charge >= 0.3 is 6.61 Å². The minimum atomic E-state index is -2.96. The number of aliphatic hydroxyl groups is 2. The maximum atomic E-state index is 12.1. The van der Waals surface area contributed by atoms with Crippen LogP contribution in [-0.2, 0) is 0 Å². The van der Waals surface area contributed by atoms with E-state index >= 15 is 0 Å². The van der Waals surface area contributed by atoms with Gasteiger partial charge in [-0.05, 0) is 18.2 Å². The van der Waals surface area contributed by atoms with Gasteiger partial charge in [0.25, 0.3) is 5.91 Å². The van der Waals surface area contributed by atoms with Gasteiger partial charge in [-0.2, -0.15) is 8.78 Å². The molecule has 2 atom stereocenters. The molecule has 2 N–H and O–H groups in total. The zero-order valence-electron chi connectivity index (χ0n) is 9.87. The normalized spacial score (nSPS) is 22.9. The van der Waals surface area contributed by atoms with Gasteiger partial charge in [0.2, 0.25) is 0 Å². The van der Waals surface area contributed by atoms with Gasteiger partial charge in [0.15, 0.2) is 0 Å². The molecule has 7 heteroatoms. The number of alkyl halides is 2. The Labute approximate surface area is 108 Å². The summed E-state index contributed by atoms with van der Waals surface area (Å²) in [6, 6.07) is 5.40. The zero-order chi connectivity index (χ0) is 14.0. The summed E-state index contributed by atoms with van der Waals surface area (Å²) in [5, 5.41) is 18.7. The number of hydrogen-bond donors (Lipinski definition) is 2. The third-order valence-corrected chi connectivity index (χ3v) is 2.85. The molecule has 104 valence electrons. The number of benzene rings is 1. The maximum absolute atomic E-state index is 12.1. The van der Waals surface area contributed by atoms with Crippen molar-refractivity contribution in [3.63, 3.8) is 0 Å². The molecule has 0 bridgehead atoms. The summed E-state index contributed by atoms with van der Waals surface area (Å²) in [4.78, 5) is 13.3. The fourth-order valence-corrected chi connectivity index (χ4v) is 1.92. The first-order valence-electron chi connectivity index (χ1n) is 5.67. The highest BCUT2D eigenvalue weighted by molar-refractivity contribution is 5.94. The lowest BCUT2D eigenvalue weighted by Gasteiger charge is -2.15. The second-order valence-electron chi connectivity index (χ2n) is 4.25. The van der Waals surface area contributed by atoms with E-state index in [4.69, 9.17) is 0 Å². The molecule has 0 aromatic heterocycles. The lowest BCUT2D eigenvalue weighted by Crippen LogP contribution is -2.29. The van der Waals surface area contributed by atoms with Crippen LogP contribution in [0.2, 0.25) is 0 Å². The number of nitrogens with zero attached hydrogens (tertiary/aromatic N) is 1. The minimum Gasteiger partial charge on any atom is -0.435 e. The molecule has 1 saturated heterocycles. The molecule has 0 aliphatic carbocycles. The summed E-state index contributed by atoms with van der Waals surface area (Å²) in [5.74, 6) is -0.559. The number of ether oxygens (including phenoxy) is 1. The fourth-order valence-electron chi connectivity index (χ4n) is 1.92. The highest BCUT2D eigenvalue weighted by Gasteiger charge is 2.33. The molecule has 0 saturated carbocycles. The maximum Gasteiger partial charge on any atom is 0.387 e. The molecule has 0 spiro atoms. The lowest BCUT2D eigenvalue weighted by molar-refractivity contribution is -0.0499. The average molecular weight is 273 g/mol. The van der Waals surface area contributed by atoms with Crippen LogP contribution in [0.15, 0.2) is 24.3 Å². The van der Waals surface area contributed by atoms with Gasteiger partial charge < -0.3 is 19.8 Å². The Bertz CT molecular complexity index is 459. The number of likely N-dealkylation sites (tertiary alicyclic amines) is 1. The Morgan fingerprint density at radius 3 is 2.53 bits per heavy atom. The van der Waals surface area contributed by atoms with Gasteiger partial charge in [-0.15, -0.1) is 0 Å². The van der Waals surface area contributed by atoms with Crippen molar-refractivity contribution in [1.29, 1.82) is 0 Å². The molecule has 0 radical (unpaired) electrons. The van der Waals surface area contributed by atoms with Gasteiger partial charge in [0.1, 0.15) is 5.75 Å². The van der Waals surface area contributed by atoms with Crippen molar-refractivity contribution in [3.8, 4) is 5.75 Å². The Balaban J connectivity index is 2.11. The van der Waals surface area contributed by atoms with Gasteiger partial charge in [-0.3, -0.25) is 4.79 Å². The van der Waals surface area contributed by atoms with E-state index in [1.807, 2.05) is 0 Å². The molecule has 2 rings (SSSR count). The predicted octanol–water partition coefficient (Wildman–Crippen LogP) is 0.466. The number of halogens is 2. The predicted molar refractivity (Wildman–Crippen MR) is 61.0 cm³/mol. The first kappa shape index (κ1) is 13.7. The molecule has 1 aliphatic heterocycles. The van der Waals surface area contributed by atoms with Gasteiger partial charge in [-0.1, -0.05) is 6.07 Å². The van der Waals surface area contributed by atoms with Crippen molar-refractivity contribution in [2.24, 2.45) is 0 Å². The molecular formula is C12H13F2NO4. The van der Waals surface area contributed by atoms with Crippen molar-refractivity contribution in [2.45, 2.75) is 18.8 Å². The summed E-state index contributed by atoms with van der Waals surface area (Å²) in [6.07, 6.45) is -1.96. The molecule has 1 heterocycles. The highest BCUT2D eigenvalue weighted by Crippen LogP contribution is 2.19. The monoisotopic (exact) mass is 273 g/mol. The van der Waals surface area contributed by atoms with Crippen LogP contribution in [0.5, 0.6) is 5.75 Å². The molecule has 1 aromatic carbocycles. The number of carbonyl (C=O) groups excluding carboxylic acids is 1. The van der Waals surface area contributed by atoms with Crippen molar-refractivity contribution in [2.75, 3.05) is 13.1 Å². The average Bonchev–Trinajstić information content (AvgIpc) is 2.68. The van der Waals surface area contributed by atoms with Crippen LogP contribution in [0.3, 0.4) is 0 Å². The first-order valence-corrected chi connectivity index (χ1v) is 5.67. The Morgan fingerprint density at radius 2 is 1.95 bits per heavy atom. The van der Waals surface area contributed by atoms with E-state index in [1.165, 1.54) is 29.2 Å². The molecule has 1 amide bonds. The summed E-state index contributed by atoms with van der Waals surface area (Å²) >= 11 is 0. The minimum absolute atomic E-state index is 0.0138. The smallest absolute Gasteiger partial charge is 0.387 e. The van der Waals surface area contributed by atoms with E-state index in [0.717, 1.165) is 0 Å². The van der Waals surface area contributed by atoms with Crippen molar-refractivity contribution in [1.82, 2.24) is 4.90 Å². The quantitative estimate of drug-likeness (QED) is 0.839. The number of amides is 1. The SMILES string of the molecule is O=C(c1cccc(OC(F)F)c1)N1CC(O)C(O)C1. The van der Waals surface area contributed by atoms with E-state index in [1.54, 1.807) is 0 Å². The molecule has 19 heavy (non-hydrogen) atoms. The van der Waals surface area contributed by atoms with Crippen molar-refractivity contribution < 1.29 is 28.5 Å². The molecular weight excluding hydrogens is 260 g/mol. The van der Waals surface area contributed by atoms with E-state index in [0.29, 0.717) is 0 Å². The van der Waals surface area contributed by atoms with E-state index < -0.39 is 24.7 Å². The fraction of sp³-hybridized carbons (Fsp3) is 0.417. The standard InChI is InChI=1S/C12H13F2NO4/c13-12(14)19-8-3-1-2-7(4-8)11(18)15-5-9(16)10(17)6-15/h1-4,9-10,12,16-17H,5-6H2. The third-order valence-electron chi connectivity index (χ3n) is 2.85. The Kier molecular flexibility index (Phi) is 3.96. The number of carbonyl (C=O) groups is 1. The molecule has 5 nitrogen and oxygen atoms in total. The molecule has 1 aromatic rings. The summed E-state index contributed by atoms with van der Waals surface area (Å²) in [6.45, 7) is -2.93. The van der Waals surface area contributed by atoms with Crippen molar-refractivity contribution >= 4 is 5.91 Å². The number of rotatable bonds is 3. The summed E-state index contributed by atoms with van der Waals surface area (Å²) in [5.41, 5.74) is 0.166. The van der Waals surface area contributed by atoms with Gasteiger partial charge in [-0.25, -0.2) is 0 Å². The lowest BCUT2D eigenvalue weighted by atomic mass is 10.2. The van der Waals surface area contributed by atoms with Crippen LogP contribution in [0.4, 0.5) is 8.78 Å². The van der Waals surface area contributed by atoms with Crippen molar-refractivity contribution in [3.05, 3.63) is 29.8 Å². The van der Waals surface area contributed by atoms with Crippen LogP contribution in [0.25, 0.3) is 0 Å². The molecule has 2 unspecified atom stereocenters. The van der Waals surface area contributed by atoms with E-state index in [-0.39, 0.29) is 24.4 Å². The van der Waals surface area contributed by atoms with Gasteiger partial charge in [0, 0.05) is 18.7 Å². The Morgan fingerprint density at radius 1 is 1.32 bits per heavy atom. The zero-order valence-corrected chi connectivity index (χ0v) is 9.87. The van der Waals surface area contributed by atoms with Crippen LogP contribution in [0, 0.1) is 0 Å². The number of hydrogen-bond acceptors (Lipinski definition) is 4. The van der Waals surface area contributed by atoms with Crippen LogP contribution in [0.1, 0.15) is 10.4 Å². The summed E-state index contributed by atoms with van der Waals surface area (Å²) in [7, 11) is 0. The first-order chi connectivity index (χ1) is 8.97. The highest BCUT2D eigenvalue weighted by atomic mass is 19.3. The third kappa shape index (κ3) is 3.18. The number of aliphatic hydroxyl groups excluding tert-OH is 2. The van der Waals surface area contributed by atoms with E-state index in [2.05, 4.69) is 4.74 Å². The van der Waals surface area contributed by atoms with E-state index in [9.17, 15) is 23.8 Å². The van der Waals surface area contributed by atoms with Crippen LogP contribution < -0.4 is 4.74 Å². The van der Waals surface area contributed by atoms with Crippen LogP contribution >= 0.6 is 0 Å². The van der Waals surface area contributed by atoms with Gasteiger partial charge in [0.05, 0.1) is 12.2 Å².